The fourth-order valence-corrected chi connectivity index (χ4v) is 2.85. The van der Waals surface area contributed by atoms with Crippen molar-refractivity contribution in [1.29, 1.82) is 0 Å². The third-order valence-corrected chi connectivity index (χ3v) is 4.04. The van der Waals surface area contributed by atoms with Gasteiger partial charge in [0.05, 0.1) is 6.54 Å². The second-order valence-electron chi connectivity index (χ2n) is 4.62. The Balaban J connectivity index is 1.79. The number of hydrogen-bond donors (Lipinski definition) is 3. The van der Waals surface area contributed by atoms with Gasteiger partial charge in [-0.1, -0.05) is 0 Å². The van der Waals surface area contributed by atoms with E-state index in [0.29, 0.717) is 18.1 Å². The monoisotopic (exact) mass is 287 g/mol. The molecule has 0 radical (unpaired) electrons. The summed E-state index contributed by atoms with van der Waals surface area (Å²) >= 11 is 1.51. The average molecular weight is 287 g/mol. The van der Waals surface area contributed by atoms with Gasteiger partial charge in [-0.2, -0.15) is 11.8 Å². The molecular formula is C11H17N3O4S. The molecule has 3 amide bonds. The predicted octanol–water partition coefficient (Wildman–Crippen LogP) is -0.523. The van der Waals surface area contributed by atoms with Crippen LogP contribution in [0.2, 0.25) is 0 Å². The molecule has 0 aromatic carbocycles. The summed E-state index contributed by atoms with van der Waals surface area (Å²) in [4.78, 5) is 35.6. The van der Waals surface area contributed by atoms with Crippen LogP contribution in [0.15, 0.2) is 0 Å². The van der Waals surface area contributed by atoms with E-state index in [4.69, 9.17) is 5.11 Å². The van der Waals surface area contributed by atoms with E-state index in [2.05, 4.69) is 10.6 Å². The van der Waals surface area contributed by atoms with Crippen LogP contribution in [0.1, 0.15) is 12.8 Å². The molecule has 1 aliphatic heterocycles. The molecule has 2 fully saturated rings. The molecule has 1 saturated carbocycles. The summed E-state index contributed by atoms with van der Waals surface area (Å²) in [5.74, 6) is -0.137. The SMILES string of the molecule is O=C(CNC(=O)N1CCSCC1C(=O)O)NC1CC1. The third kappa shape index (κ3) is 4.02. The van der Waals surface area contributed by atoms with E-state index in [1.807, 2.05) is 0 Å². The van der Waals surface area contributed by atoms with Gasteiger partial charge in [0.15, 0.2) is 0 Å². The minimum Gasteiger partial charge on any atom is -0.480 e. The Bertz CT molecular complexity index is 386. The molecule has 0 aromatic rings. The third-order valence-electron chi connectivity index (χ3n) is 3.02. The number of nitrogens with one attached hydrogen (secondary N) is 2. The Hall–Kier alpha value is -1.44. The highest BCUT2D eigenvalue weighted by Gasteiger charge is 2.32. The number of amides is 3. The molecule has 3 N–H and O–H groups in total. The fraction of sp³-hybridized carbons (Fsp3) is 0.727. The molecule has 106 valence electrons. The van der Waals surface area contributed by atoms with E-state index in [1.54, 1.807) is 0 Å². The predicted molar refractivity (Wildman–Crippen MR) is 70.0 cm³/mol. The lowest BCUT2D eigenvalue weighted by atomic mass is 10.3. The molecule has 7 nitrogen and oxygen atoms in total. The van der Waals surface area contributed by atoms with E-state index < -0.39 is 18.0 Å². The Morgan fingerprint density at radius 2 is 2.05 bits per heavy atom. The zero-order valence-corrected chi connectivity index (χ0v) is 11.2. The highest BCUT2D eigenvalue weighted by Crippen LogP contribution is 2.18. The van der Waals surface area contributed by atoms with Crippen LogP contribution in [0.25, 0.3) is 0 Å². The highest BCUT2D eigenvalue weighted by atomic mass is 32.2. The van der Waals surface area contributed by atoms with Crippen molar-refractivity contribution in [1.82, 2.24) is 15.5 Å². The quantitative estimate of drug-likeness (QED) is 0.646. The number of urea groups is 1. The van der Waals surface area contributed by atoms with Gasteiger partial charge in [0.25, 0.3) is 0 Å². The van der Waals surface area contributed by atoms with Crippen molar-refractivity contribution in [2.45, 2.75) is 24.9 Å². The fourth-order valence-electron chi connectivity index (χ4n) is 1.82. The topological polar surface area (TPSA) is 98.7 Å². The first-order chi connectivity index (χ1) is 9.08. The molecule has 1 unspecified atom stereocenters. The molecule has 1 aliphatic carbocycles. The summed E-state index contributed by atoms with van der Waals surface area (Å²) in [7, 11) is 0. The largest absolute Gasteiger partial charge is 0.480 e. The lowest BCUT2D eigenvalue weighted by Gasteiger charge is -2.32. The van der Waals surface area contributed by atoms with Gasteiger partial charge in [-0.3, -0.25) is 4.79 Å². The number of rotatable bonds is 4. The number of hydrogen-bond acceptors (Lipinski definition) is 4. The lowest BCUT2D eigenvalue weighted by molar-refractivity contribution is -0.141. The smallest absolute Gasteiger partial charge is 0.327 e. The van der Waals surface area contributed by atoms with Crippen molar-refractivity contribution < 1.29 is 19.5 Å². The molecule has 2 aliphatic rings. The van der Waals surface area contributed by atoms with Gasteiger partial charge in [-0.05, 0) is 12.8 Å². The highest BCUT2D eigenvalue weighted by molar-refractivity contribution is 7.99. The molecule has 19 heavy (non-hydrogen) atoms. The van der Waals surface area contributed by atoms with Crippen LogP contribution in [0, 0.1) is 0 Å². The first kappa shape index (κ1) is 14.0. The number of carbonyl (C=O) groups is 3. The summed E-state index contributed by atoms with van der Waals surface area (Å²) in [6.45, 7) is 0.281. The Morgan fingerprint density at radius 1 is 1.32 bits per heavy atom. The van der Waals surface area contributed by atoms with Gasteiger partial charge in [0.2, 0.25) is 5.91 Å². The molecule has 0 spiro atoms. The number of carboxylic acid groups (broad SMARTS) is 1. The normalized spacial score (nSPS) is 22.7. The summed E-state index contributed by atoms with van der Waals surface area (Å²) in [6, 6.07) is -1.05. The van der Waals surface area contributed by atoms with Crippen LogP contribution < -0.4 is 10.6 Å². The Kier molecular flexibility index (Phi) is 4.52. The van der Waals surface area contributed by atoms with E-state index in [-0.39, 0.29) is 18.5 Å². The summed E-state index contributed by atoms with van der Waals surface area (Å²) in [5.41, 5.74) is 0. The van der Waals surface area contributed by atoms with Crippen molar-refractivity contribution >= 4 is 29.7 Å². The molecule has 8 heteroatoms. The number of nitrogens with zero attached hydrogens (tertiary/aromatic N) is 1. The van der Waals surface area contributed by atoms with Crippen LogP contribution in [0.4, 0.5) is 4.79 Å². The van der Waals surface area contributed by atoms with Crippen molar-refractivity contribution in [2.75, 3.05) is 24.6 Å². The zero-order chi connectivity index (χ0) is 13.8. The van der Waals surface area contributed by atoms with Crippen LogP contribution in [0.5, 0.6) is 0 Å². The molecule has 0 bridgehead atoms. The standard InChI is InChI=1S/C11H17N3O4S/c15-9(13-7-1-2-7)5-12-11(18)14-3-4-19-6-8(14)10(16)17/h7-8H,1-6H2,(H,12,18)(H,13,15)(H,16,17). The van der Waals surface area contributed by atoms with E-state index in [1.165, 1.54) is 16.7 Å². The van der Waals surface area contributed by atoms with Crippen LogP contribution in [0.3, 0.4) is 0 Å². The van der Waals surface area contributed by atoms with E-state index in [0.717, 1.165) is 12.8 Å². The van der Waals surface area contributed by atoms with Gasteiger partial charge < -0.3 is 20.6 Å². The maximum absolute atomic E-state index is 11.9. The van der Waals surface area contributed by atoms with Gasteiger partial charge in [0, 0.05) is 24.1 Å². The number of carbonyl (C=O) groups excluding carboxylic acids is 2. The van der Waals surface area contributed by atoms with Gasteiger partial charge in [0.1, 0.15) is 6.04 Å². The molecule has 1 saturated heterocycles. The molecule has 0 aromatic heterocycles. The van der Waals surface area contributed by atoms with Crippen molar-refractivity contribution in [3.63, 3.8) is 0 Å². The molecule has 2 rings (SSSR count). The van der Waals surface area contributed by atoms with Crippen molar-refractivity contribution in [2.24, 2.45) is 0 Å². The maximum Gasteiger partial charge on any atom is 0.327 e. The van der Waals surface area contributed by atoms with E-state index >= 15 is 0 Å². The summed E-state index contributed by atoms with van der Waals surface area (Å²) in [5, 5.41) is 14.3. The molecular weight excluding hydrogens is 270 g/mol. The Morgan fingerprint density at radius 3 is 2.68 bits per heavy atom. The Labute approximate surface area is 115 Å². The van der Waals surface area contributed by atoms with Gasteiger partial charge in [-0.15, -0.1) is 0 Å². The zero-order valence-electron chi connectivity index (χ0n) is 10.4. The van der Waals surface area contributed by atoms with Crippen molar-refractivity contribution in [3.8, 4) is 0 Å². The second kappa shape index (κ2) is 6.14. The lowest BCUT2D eigenvalue weighted by Crippen LogP contribution is -2.55. The van der Waals surface area contributed by atoms with Crippen molar-refractivity contribution in [3.05, 3.63) is 0 Å². The van der Waals surface area contributed by atoms with Crippen LogP contribution in [-0.4, -0.2) is 64.6 Å². The number of thioether (sulfide) groups is 1. The second-order valence-corrected chi connectivity index (χ2v) is 5.77. The maximum atomic E-state index is 11.9. The first-order valence-electron chi connectivity index (χ1n) is 6.22. The average Bonchev–Trinajstić information content (AvgIpc) is 3.19. The first-order valence-corrected chi connectivity index (χ1v) is 7.38. The van der Waals surface area contributed by atoms with Gasteiger partial charge >= 0.3 is 12.0 Å². The summed E-state index contributed by atoms with van der Waals surface area (Å²) in [6.07, 6.45) is 1.98. The van der Waals surface area contributed by atoms with Gasteiger partial charge in [-0.25, -0.2) is 9.59 Å². The van der Waals surface area contributed by atoms with Crippen LogP contribution >= 0.6 is 11.8 Å². The minimum absolute atomic E-state index is 0.106. The van der Waals surface area contributed by atoms with E-state index in [9.17, 15) is 14.4 Å². The molecule has 1 atom stereocenters. The number of aliphatic carboxylic acids is 1. The van der Waals surface area contributed by atoms with Crippen LogP contribution in [-0.2, 0) is 9.59 Å². The number of carboxylic acids is 1. The molecule has 1 heterocycles. The minimum atomic E-state index is -1.01. The summed E-state index contributed by atoms with van der Waals surface area (Å²) < 4.78 is 0.